The fraction of sp³-hybridized carbons (Fsp3) is 0.471. The van der Waals surface area contributed by atoms with Gasteiger partial charge >= 0.3 is 5.82 Å². The van der Waals surface area contributed by atoms with Crippen molar-refractivity contribution in [2.24, 2.45) is 7.05 Å². The van der Waals surface area contributed by atoms with Crippen LogP contribution in [0, 0.1) is 10.1 Å². The van der Waals surface area contributed by atoms with Gasteiger partial charge in [0.25, 0.3) is 0 Å². The summed E-state index contributed by atoms with van der Waals surface area (Å²) in [7, 11) is 1.74. The highest BCUT2D eigenvalue weighted by Crippen LogP contribution is 2.23. The lowest BCUT2D eigenvalue weighted by Gasteiger charge is -2.15. The number of aryl methyl sites for hydroxylation is 2. The molecule has 0 saturated carbocycles. The van der Waals surface area contributed by atoms with E-state index in [0.29, 0.717) is 5.82 Å². The Bertz CT molecular complexity index is 680. The van der Waals surface area contributed by atoms with Crippen LogP contribution in [0.15, 0.2) is 30.6 Å². The summed E-state index contributed by atoms with van der Waals surface area (Å²) in [6.45, 7) is 6.00. The first-order valence-corrected chi connectivity index (χ1v) is 8.04. The molecular weight excluding hydrogens is 308 g/mol. The molecule has 7 heteroatoms. The van der Waals surface area contributed by atoms with E-state index in [9.17, 15) is 10.1 Å². The van der Waals surface area contributed by atoms with Crippen molar-refractivity contribution in [3.05, 3.63) is 46.3 Å². The molecule has 1 aromatic carbocycles. The molecule has 1 N–H and O–H groups in total. The van der Waals surface area contributed by atoms with Crippen LogP contribution in [0.25, 0.3) is 0 Å². The molecule has 0 aliphatic heterocycles. The second-order valence-corrected chi connectivity index (χ2v) is 6.18. The quantitative estimate of drug-likeness (QED) is 0.590. The number of anilines is 1. The van der Waals surface area contributed by atoms with E-state index >= 15 is 0 Å². The summed E-state index contributed by atoms with van der Waals surface area (Å²) in [6.07, 6.45) is 3.34. The van der Waals surface area contributed by atoms with E-state index in [2.05, 4.69) is 22.4 Å². The third-order valence-electron chi connectivity index (χ3n) is 3.63. The Balaban J connectivity index is 1.90. The second-order valence-electron chi connectivity index (χ2n) is 6.18. The Kier molecular flexibility index (Phi) is 5.78. The van der Waals surface area contributed by atoms with E-state index < -0.39 is 4.92 Å². The summed E-state index contributed by atoms with van der Waals surface area (Å²) in [6, 6.07) is 8.14. The van der Waals surface area contributed by atoms with Crippen LogP contribution in [0.2, 0.25) is 0 Å². The van der Waals surface area contributed by atoms with Gasteiger partial charge in [-0.25, -0.2) is 0 Å². The zero-order valence-corrected chi connectivity index (χ0v) is 14.5. The molecule has 0 spiro atoms. The lowest BCUT2D eigenvalue weighted by Crippen LogP contribution is -2.18. The van der Waals surface area contributed by atoms with Gasteiger partial charge in [0, 0.05) is 13.1 Å². The Morgan fingerprint density at radius 2 is 1.96 bits per heavy atom. The fourth-order valence-corrected chi connectivity index (χ4v) is 2.41. The van der Waals surface area contributed by atoms with Gasteiger partial charge in [-0.3, -0.25) is 4.57 Å². The zero-order chi connectivity index (χ0) is 17.7. The summed E-state index contributed by atoms with van der Waals surface area (Å²) in [4.78, 5) is 14.3. The van der Waals surface area contributed by atoms with E-state index in [4.69, 9.17) is 4.74 Å². The highest BCUT2D eigenvalue weighted by molar-refractivity contribution is 5.52. The van der Waals surface area contributed by atoms with E-state index in [1.165, 1.54) is 11.9 Å². The minimum atomic E-state index is -0.470. The van der Waals surface area contributed by atoms with Crippen LogP contribution < -0.4 is 10.1 Å². The number of aromatic nitrogens is 2. The largest absolute Gasteiger partial charge is 0.491 e. The van der Waals surface area contributed by atoms with Crippen molar-refractivity contribution in [3.8, 4) is 5.75 Å². The van der Waals surface area contributed by atoms with Crippen molar-refractivity contribution in [2.75, 3.05) is 5.32 Å². The molecule has 0 saturated heterocycles. The van der Waals surface area contributed by atoms with Gasteiger partial charge in [0.2, 0.25) is 12.1 Å². The molecule has 24 heavy (non-hydrogen) atoms. The van der Waals surface area contributed by atoms with Gasteiger partial charge in [-0.1, -0.05) is 12.1 Å². The second kappa shape index (κ2) is 7.81. The maximum absolute atomic E-state index is 11.0. The monoisotopic (exact) mass is 332 g/mol. The molecule has 1 heterocycles. The van der Waals surface area contributed by atoms with Gasteiger partial charge in [-0.15, -0.1) is 0 Å². The van der Waals surface area contributed by atoms with Crippen LogP contribution in [-0.4, -0.2) is 26.6 Å². The summed E-state index contributed by atoms with van der Waals surface area (Å²) in [5.74, 6) is 1.16. The summed E-state index contributed by atoms with van der Waals surface area (Å²) in [5.41, 5.74) is 1.21. The Morgan fingerprint density at radius 1 is 1.29 bits per heavy atom. The van der Waals surface area contributed by atoms with Crippen molar-refractivity contribution in [1.82, 2.24) is 9.55 Å². The van der Waals surface area contributed by atoms with Crippen LogP contribution in [-0.2, 0) is 13.5 Å². The topological polar surface area (TPSA) is 82.2 Å². The SMILES string of the molecule is CC(CCc1ccc(OC(C)C)cc1)Nc1c([N+](=O)[O-])ncn1C. The minimum Gasteiger partial charge on any atom is -0.491 e. The molecule has 0 amide bonds. The number of imidazole rings is 1. The average molecular weight is 332 g/mol. The first kappa shape index (κ1) is 17.8. The zero-order valence-electron chi connectivity index (χ0n) is 14.5. The number of nitro groups is 1. The Labute approximate surface area is 141 Å². The van der Waals surface area contributed by atoms with Crippen LogP contribution in [0.3, 0.4) is 0 Å². The van der Waals surface area contributed by atoms with Crippen molar-refractivity contribution in [2.45, 2.75) is 45.8 Å². The molecule has 2 aromatic rings. The molecule has 0 aliphatic carbocycles. The van der Waals surface area contributed by atoms with Crippen LogP contribution in [0.5, 0.6) is 5.75 Å². The molecule has 0 bridgehead atoms. The average Bonchev–Trinajstić information content (AvgIpc) is 2.87. The smallest absolute Gasteiger partial charge is 0.406 e. The van der Waals surface area contributed by atoms with Crippen LogP contribution in [0.1, 0.15) is 32.8 Å². The van der Waals surface area contributed by atoms with E-state index in [1.807, 2.05) is 32.9 Å². The number of nitrogens with one attached hydrogen (secondary N) is 1. The van der Waals surface area contributed by atoms with Crippen molar-refractivity contribution in [3.63, 3.8) is 0 Å². The number of ether oxygens (including phenoxy) is 1. The molecule has 0 aliphatic rings. The molecule has 1 aromatic heterocycles. The summed E-state index contributed by atoms with van der Waals surface area (Å²) in [5, 5.41) is 14.2. The maximum Gasteiger partial charge on any atom is 0.406 e. The van der Waals surface area contributed by atoms with E-state index in [0.717, 1.165) is 18.6 Å². The summed E-state index contributed by atoms with van der Waals surface area (Å²) >= 11 is 0. The third-order valence-corrected chi connectivity index (χ3v) is 3.63. The Hall–Kier alpha value is -2.57. The standard InChI is InChI=1S/C17H24N4O3/c1-12(2)24-15-9-7-14(8-10-15)6-5-13(3)19-17-16(21(22)23)18-11-20(17)4/h7-13,19H,5-6H2,1-4H3. The van der Waals surface area contributed by atoms with Gasteiger partial charge in [0.05, 0.1) is 6.10 Å². The van der Waals surface area contributed by atoms with Gasteiger partial charge < -0.3 is 20.2 Å². The first-order chi connectivity index (χ1) is 11.4. The fourth-order valence-electron chi connectivity index (χ4n) is 2.41. The molecule has 130 valence electrons. The molecule has 0 radical (unpaired) electrons. The van der Waals surface area contributed by atoms with Gasteiger partial charge in [-0.05, 0) is 61.2 Å². The lowest BCUT2D eigenvalue weighted by molar-refractivity contribution is -0.388. The Morgan fingerprint density at radius 3 is 2.54 bits per heavy atom. The van der Waals surface area contributed by atoms with Gasteiger partial charge in [-0.2, -0.15) is 0 Å². The molecule has 7 nitrogen and oxygen atoms in total. The normalized spacial score (nSPS) is 12.2. The molecule has 1 atom stereocenters. The minimum absolute atomic E-state index is 0.0886. The molecule has 1 unspecified atom stereocenters. The third kappa shape index (κ3) is 4.71. The molecule has 2 rings (SSSR count). The highest BCUT2D eigenvalue weighted by atomic mass is 16.6. The number of benzene rings is 1. The van der Waals surface area contributed by atoms with Crippen LogP contribution in [0.4, 0.5) is 11.6 Å². The predicted molar refractivity (Wildman–Crippen MR) is 93.5 cm³/mol. The lowest BCUT2D eigenvalue weighted by atomic mass is 10.1. The number of rotatable bonds is 8. The van der Waals surface area contributed by atoms with E-state index in [-0.39, 0.29) is 18.0 Å². The maximum atomic E-state index is 11.0. The first-order valence-electron chi connectivity index (χ1n) is 8.04. The van der Waals surface area contributed by atoms with Crippen LogP contribution >= 0.6 is 0 Å². The number of nitrogens with zero attached hydrogens (tertiary/aromatic N) is 3. The van der Waals surface area contributed by atoms with Gasteiger partial charge in [0.15, 0.2) is 0 Å². The molecular formula is C17H24N4O3. The number of hydrogen-bond donors (Lipinski definition) is 1. The molecule has 0 fully saturated rings. The number of hydrogen-bond acceptors (Lipinski definition) is 5. The van der Waals surface area contributed by atoms with Crippen molar-refractivity contribution in [1.29, 1.82) is 0 Å². The van der Waals surface area contributed by atoms with E-state index in [1.54, 1.807) is 11.6 Å². The predicted octanol–water partition coefficient (Wildman–Crippen LogP) is 3.55. The summed E-state index contributed by atoms with van der Waals surface area (Å²) < 4.78 is 7.26. The van der Waals surface area contributed by atoms with Crippen molar-refractivity contribution >= 4 is 11.6 Å². The van der Waals surface area contributed by atoms with Gasteiger partial charge in [0.1, 0.15) is 5.75 Å². The highest BCUT2D eigenvalue weighted by Gasteiger charge is 2.21. The van der Waals surface area contributed by atoms with Crippen molar-refractivity contribution < 1.29 is 9.66 Å².